The minimum atomic E-state index is 0.00151. The Hall–Kier alpha value is -1.08. The standard InChI is InChI=1S/C14H27N3O/c1-4-5-13(9-11-16)6-7-14(18)17(3)12(2)8-10-15/h12-13H,4-9,11,16H2,1-3H3. The molecule has 0 heterocycles. The maximum Gasteiger partial charge on any atom is 0.222 e. The summed E-state index contributed by atoms with van der Waals surface area (Å²) in [6.45, 7) is 4.76. The van der Waals surface area contributed by atoms with Crippen molar-refractivity contribution >= 4 is 5.91 Å². The second-order valence-electron chi connectivity index (χ2n) is 4.99. The van der Waals surface area contributed by atoms with E-state index in [4.69, 9.17) is 11.0 Å². The molecule has 0 fully saturated rings. The van der Waals surface area contributed by atoms with Crippen LogP contribution in [0.5, 0.6) is 0 Å². The van der Waals surface area contributed by atoms with E-state index >= 15 is 0 Å². The van der Waals surface area contributed by atoms with Gasteiger partial charge in [-0.1, -0.05) is 19.8 Å². The summed E-state index contributed by atoms with van der Waals surface area (Å²) in [7, 11) is 1.78. The topological polar surface area (TPSA) is 70.1 Å². The highest BCUT2D eigenvalue weighted by Gasteiger charge is 2.17. The van der Waals surface area contributed by atoms with Gasteiger partial charge in [-0.3, -0.25) is 4.79 Å². The predicted molar refractivity (Wildman–Crippen MR) is 73.8 cm³/mol. The van der Waals surface area contributed by atoms with E-state index in [1.807, 2.05) is 6.92 Å². The molecule has 0 spiro atoms. The van der Waals surface area contributed by atoms with Crippen LogP contribution in [0.2, 0.25) is 0 Å². The molecule has 4 heteroatoms. The Balaban J connectivity index is 4.10. The molecule has 2 atom stereocenters. The lowest BCUT2D eigenvalue weighted by Crippen LogP contribution is -2.35. The van der Waals surface area contributed by atoms with Crippen LogP contribution in [-0.4, -0.2) is 30.4 Å². The first kappa shape index (κ1) is 16.9. The second-order valence-corrected chi connectivity index (χ2v) is 4.99. The van der Waals surface area contributed by atoms with Crippen molar-refractivity contribution in [1.29, 1.82) is 5.26 Å². The molecule has 0 aromatic rings. The number of carbonyl (C=O) groups is 1. The van der Waals surface area contributed by atoms with Gasteiger partial charge in [-0.25, -0.2) is 0 Å². The number of nitrogens with zero attached hydrogens (tertiary/aromatic N) is 2. The summed E-state index contributed by atoms with van der Waals surface area (Å²) in [6, 6.07) is 2.10. The van der Waals surface area contributed by atoms with Crippen LogP contribution in [0.25, 0.3) is 0 Å². The minimum absolute atomic E-state index is 0.00151. The highest BCUT2D eigenvalue weighted by molar-refractivity contribution is 5.76. The van der Waals surface area contributed by atoms with Gasteiger partial charge < -0.3 is 10.6 Å². The van der Waals surface area contributed by atoms with Crippen LogP contribution in [-0.2, 0) is 4.79 Å². The molecule has 0 aromatic carbocycles. The third kappa shape index (κ3) is 6.61. The molecule has 2 unspecified atom stereocenters. The average molecular weight is 253 g/mol. The molecule has 0 aliphatic carbocycles. The van der Waals surface area contributed by atoms with Gasteiger partial charge in [-0.05, 0) is 32.2 Å². The largest absolute Gasteiger partial charge is 0.342 e. The van der Waals surface area contributed by atoms with Crippen LogP contribution in [0, 0.1) is 17.2 Å². The maximum absolute atomic E-state index is 12.0. The number of carbonyl (C=O) groups excluding carboxylic acids is 1. The summed E-state index contributed by atoms with van der Waals surface area (Å²) >= 11 is 0. The van der Waals surface area contributed by atoms with E-state index in [0.29, 0.717) is 25.3 Å². The van der Waals surface area contributed by atoms with E-state index in [-0.39, 0.29) is 11.9 Å². The Morgan fingerprint density at radius 3 is 2.56 bits per heavy atom. The molecule has 18 heavy (non-hydrogen) atoms. The number of nitriles is 1. The molecule has 0 aliphatic heterocycles. The van der Waals surface area contributed by atoms with Crippen molar-refractivity contribution in [2.75, 3.05) is 13.6 Å². The number of nitrogens with two attached hydrogens (primary N) is 1. The van der Waals surface area contributed by atoms with Gasteiger partial charge in [0.25, 0.3) is 0 Å². The van der Waals surface area contributed by atoms with Crippen molar-refractivity contribution in [2.45, 2.75) is 58.4 Å². The Morgan fingerprint density at radius 2 is 2.06 bits per heavy atom. The van der Waals surface area contributed by atoms with Crippen LogP contribution in [0.1, 0.15) is 52.4 Å². The Morgan fingerprint density at radius 1 is 1.39 bits per heavy atom. The molecule has 0 aliphatic rings. The lowest BCUT2D eigenvalue weighted by atomic mass is 9.94. The van der Waals surface area contributed by atoms with E-state index in [0.717, 1.165) is 25.7 Å². The molecule has 104 valence electrons. The molecule has 0 radical (unpaired) electrons. The molecule has 0 rings (SSSR count). The van der Waals surface area contributed by atoms with Gasteiger partial charge in [0.15, 0.2) is 0 Å². The third-order valence-corrected chi connectivity index (χ3v) is 3.48. The van der Waals surface area contributed by atoms with Gasteiger partial charge in [0, 0.05) is 19.5 Å². The highest BCUT2D eigenvalue weighted by atomic mass is 16.2. The molecule has 0 saturated heterocycles. The lowest BCUT2D eigenvalue weighted by Gasteiger charge is -2.24. The molecule has 0 saturated carbocycles. The first-order chi connectivity index (χ1) is 8.56. The molecule has 0 bridgehead atoms. The van der Waals surface area contributed by atoms with E-state index in [1.54, 1.807) is 11.9 Å². The van der Waals surface area contributed by atoms with Crippen LogP contribution < -0.4 is 5.73 Å². The minimum Gasteiger partial charge on any atom is -0.342 e. The van der Waals surface area contributed by atoms with Crippen LogP contribution in [0.4, 0.5) is 0 Å². The van der Waals surface area contributed by atoms with E-state index in [9.17, 15) is 4.79 Å². The van der Waals surface area contributed by atoms with Crippen LogP contribution >= 0.6 is 0 Å². The Labute approximate surface area is 111 Å². The van der Waals surface area contributed by atoms with Gasteiger partial charge in [0.1, 0.15) is 0 Å². The zero-order valence-corrected chi connectivity index (χ0v) is 12.0. The van der Waals surface area contributed by atoms with Gasteiger partial charge in [0.05, 0.1) is 12.5 Å². The highest BCUT2D eigenvalue weighted by Crippen LogP contribution is 2.18. The smallest absolute Gasteiger partial charge is 0.222 e. The van der Waals surface area contributed by atoms with E-state index in [2.05, 4.69) is 13.0 Å². The summed E-state index contributed by atoms with van der Waals surface area (Å²) < 4.78 is 0. The van der Waals surface area contributed by atoms with Crippen molar-refractivity contribution in [3.63, 3.8) is 0 Å². The predicted octanol–water partition coefficient (Wildman–Crippen LogP) is 2.29. The first-order valence-corrected chi connectivity index (χ1v) is 6.89. The van der Waals surface area contributed by atoms with Crippen molar-refractivity contribution < 1.29 is 4.79 Å². The number of amides is 1. The number of rotatable bonds is 9. The van der Waals surface area contributed by atoms with Crippen molar-refractivity contribution in [3.05, 3.63) is 0 Å². The van der Waals surface area contributed by atoms with Crippen LogP contribution in [0.3, 0.4) is 0 Å². The van der Waals surface area contributed by atoms with Crippen molar-refractivity contribution in [2.24, 2.45) is 11.7 Å². The van der Waals surface area contributed by atoms with Gasteiger partial charge >= 0.3 is 0 Å². The van der Waals surface area contributed by atoms with Crippen molar-refractivity contribution in [3.8, 4) is 6.07 Å². The molecular weight excluding hydrogens is 226 g/mol. The Bertz CT molecular complexity index is 267. The molecule has 1 amide bonds. The fourth-order valence-corrected chi connectivity index (χ4v) is 2.10. The normalized spacial score (nSPS) is 13.7. The Kier molecular flexibility index (Phi) is 9.31. The zero-order chi connectivity index (χ0) is 14.0. The summed E-state index contributed by atoms with van der Waals surface area (Å²) in [6.07, 6.45) is 5.15. The van der Waals surface area contributed by atoms with Crippen LogP contribution in [0.15, 0.2) is 0 Å². The van der Waals surface area contributed by atoms with Gasteiger partial charge in [-0.15, -0.1) is 0 Å². The fraction of sp³-hybridized carbons (Fsp3) is 0.857. The maximum atomic E-state index is 12.0. The van der Waals surface area contributed by atoms with Gasteiger partial charge in [0.2, 0.25) is 5.91 Å². The second kappa shape index (κ2) is 9.90. The summed E-state index contributed by atoms with van der Waals surface area (Å²) in [5.41, 5.74) is 5.58. The summed E-state index contributed by atoms with van der Waals surface area (Å²) in [5.74, 6) is 0.694. The monoisotopic (exact) mass is 253 g/mol. The summed E-state index contributed by atoms with van der Waals surface area (Å²) in [4.78, 5) is 13.6. The zero-order valence-electron chi connectivity index (χ0n) is 12.0. The molecular formula is C14H27N3O. The summed E-state index contributed by atoms with van der Waals surface area (Å²) in [5, 5.41) is 8.62. The SMILES string of the molecule is CCCC(CCN)CCC(=O)N(C)C(C)CC#N. The quantitative estimate of drug-likeness (QED) is 0.685. The average Bonchev–Trinajstić information content (AvgIpc) is 2.35. The number of hydrogen-bond acceptors (Lipinski definition) is 3. The lowest BCUT2D eigenvalue weighted by molar-refractivity contribution is -0.131. The van der Waals surface area contributed by atoms with E-state index in [1.165, 1.54) is 0 Å². The third-order valence-electron chi connectivity index (χ3n) is 3.48. The molecule has 4 nitrogen and oxygen atoms in total. The molecule has 2 N–H and O–H groups in total. The van der Waals surface area contributed by atoms with Crippen molar-refractivity contribution in [1.82, 2.24) is 4.90 Å². The van der Waals surface area contributed by atoms with E-state index < -0.39 is 0 Å². The first-order valence-electron chi connectivity index (χ1n) is 6.89. The number of hydrogen-bond donors (Lipinski definition) is 1. The molecule has 0 aromatic heterocycles. The van der Waals surface area contributed by atoms with Gasteiger partial charge in [-0.2, -0.15) is 5.26 Å². The fourth-order valence-electron chi connectivity index (χ4n) is 2.10.